The molecule has 0 aliphatic carbocycles. The van der Waals surface area contributed by atoms with Crippen molar-refractivity contribution in [1.29, 1.82) is 0 Å². The quantitative estimate of drug-likeness (QED) is 0.219. The molecule has 0 aromatic heterocycles. The van der Waals surface area contributed by atoms with Crippen LogP contribution in [0.1, 0.15) is 52.9 Å². The van der Waals surface area contributed by atoms with E-state index in [-0.39, 0.29) is 23.6 Å². The summed E-state index contributed by atoms with van der Waals surface area (Å²) in [4.78, 5) is 36.3. The first kappa shape index (κ1) is 28.5. The molecule has 1 aliphatic heterocycles. The minimum atomic E-state index is -0.218. The molecule has 1 saturated heterocycles. The third-order valence-corrected chi connectivity index (χ3v) is 5.05. The van der Waals surface area contributed by atoms with Gasteiger partial charge in [-0.25, -0.2) is 0 Å². The summed E-state index contributed by atoms with van der Waals surface area (Å²) in [6.45, 7) is 10.5. The van der Waals surface area contributed by atoms with Crippen molar-refractivity contribution in [3.8, 4) is 0 Å². The van der Waals surface area contributed by atoms with E-state index in [1.54, 1.807) is 6.92 Å². The van der Waals surface area contributed by atoms with E-state index < -0.39 is 0 Å². The van der Waals surface area contributed by atoms with Crippen LogP contribution in [0.25, 0.3) is 0 Å². The summed E-state index contributed by atoms with van der Waals surface area (Å²) in [5, 5.41) is 2.91. The van der Waals surface area contributed by atoms with Crippen molar-refractivity contribution < 1.29 is 33.3 Å². The molecule has 0 aromatic carbocycles. The Bertz CT molecular complexity index is 542. The number of nitrogens with zero attached hydrogens (tertiary/aromatic N) is 1. The molecule has 1 fully saturated rings. The highest BCUT2D eigenvalue weighted by molar-refractivity contribution is 6.03. The smallest absolute Gasteiger partial charge is 0.232 e. The minimum absolute atomic E-state index is 0.0271. The van der Waals surface area contributed by atoms with Crippen LogP contribution in [0.5, 0.6) is 0 Å². The molecular weight excluding hydrogens is 416 g/mol. The molecule has 9 nitrogen and oxygen atoms in total. The molecule has 1 heterocycles. The van der Waals surface area contributed by atoms with Gasteiger partial charge < -0.3 is 24.3 Å². The van der Waals surface area contributed by atoms with Gasteiger partial charge in [0.05, 0.1) is 59.4 Å². The molecule has 32 heavy (non-hydrogen) atoms. The predicted molar refractivity (Wildman–Crippen MR) is 120 cm³/mol. The molecule has 0 bridgehead atoms. The zero-order valence-electron chi connectivity index (χ0n) is 20.1. The second-order valence-electron chi connectivity index (χ2n) is 8.43. The number of carbonyl (C=O) groups excluding carboxylic acids is 3. The summed E-state index contributed by atoms with van der Waals surface area (Å²) in [7, 11) is 0. The molecule has 1 atom stereocenters. The first-order valence-electron chi connectivity index (χ1n) is 11.8. The van der Waals surface area contributed by atoms with E-state index in [1.807, 2.05) is 0 Å². The SMILES string of the molecule is CC(C)CCCCNC(=O)CCOCCOCCOCCOCCN1C(=O)CC(C)C1=O. The Balaban J connectivity index is 1.78. The van der Waals surface area contributed by atoms with Crippen molar-refractivity contribution in [2.24, 2.45) is 11.8 Å². The summed E-state index contributed by atoms with van der Waals surface area (Å²) < 4.78 is 21.6. The number of nitrogens with one attached hydrogen (secondary N) is 1. The van der Waals surface area contributed by atoms with E-state index in [9.17, 15) is 14.4 Å². The number of rotatable bonds is 20. The summed E-state index contributed by atoms with van der Waals surface area (Å²) in [5.74, 6) is 0.277. The Labute approximate surface area is 192 Å². The van der Waals surface area contributed by atoms with Crippen molar-refractivity contribution in [3.05, 3.63) is 0 Å². The summed E-state index contributed by atoms with van der Waals surface area (Å²) in [6, 6.07) is 0. The molecule has 0 radical (unpaired) electrons. The fourth-order valence-electron chi connectivity index (χ4n) is 3.16. The van der Waals surface area contributed by atoms with Gasteiger partial charge in [0, 0.05) is 25.3 Å². The first-order valence-corrected chi connectivity index (χ1v) is 11.8. The molecule has 1 aliphatic rings. The Kier molecular flexibility index (Phi) is 16.0. The summed E-state index contributed by atoms with van der Waals surface area (Å²) in [6.07, 6.45) is 4.02. The van der Waals surface area contributed by atoms with E-state index in [4.69, 9.17) is 18.9 Å². The van der Waals surface area contributed by atoms with Gasteiger partial charge in [-0.15, -0.1) is 0 Å². The number of ether oxygens (including phenoxy) is 4. The van der Waals surface area contributed by atoms with Crippen LogP contribution >= 0.6 is 0 Å². The van der Waals surface area contributed by atoms with Crippen LogP contribution in [0.15, 0.2) is 0 Å². The number of hydrogen-bond donors (Lipinski definition) is 1. The van der Waals surface area contributed by atoms with Gasteiger partial charge in [-0.2, -0.15) is 0 Å². The van der Waals surface area contributed by atoms with Gasteiger partial charge >= 0.3 is 0 Å². The number of likely N-dealkylation sites (tertiary alicyclic amines) is 1. The third-order valence-electron chi connectivity index (χ3n) is 5.05. The second-order valence-corrected chi connectivity index (χ2v) is 8.43. The van der Waals surface area contributed by atoms with Gasteiger partial charge in [0.25, 0.3) is 0 Å². The number of unbranched alkanes of at least 4 members (excludes halogenated alkanes) is 1. The Hall–Kier alpha value is -1.55. The molecule has 0 aromatic rings. The number of carbonyl (C=O) groups is 3. The maximum atomic E-state index is 11.8. The van der Waals surface area contributed by atoms with Crippen molar-refractivity contribution >= 4 is 17.7 Å². The van der Waals surface area contributed by atoms with Gasteiger partial charge in [0.1, 0.15) is 0 Å². The molecule has 0 spiro atoms. The van der Waals surface area contributed by atoms with Crippen molar-refractivity contribution in [2.45, 2.75) is 52.9 Å². The van der Waals surface area contributed by atoms with Gasteiger partial charge in [0.15, 0.2) is 0 Å². The van der Waals surface area contributed by atoms with Gasteiger partial charge in [-0.1, -0.05) is 33.6 Å². The van der Waals surface area contributed by atoms with Gasteiger partial charge in [-0.3, -0.25) is 19.3 Å². The summed E-state index contributed by atoms with van der Waals surface area (Å²) in [5.41, 5.74) is 0. The van der Waals surface area contributed by atoms with Gasteiger partial charge in [-0.05, 0) is 12.3 Å². The van der Waals surface area contributed by atoms with Crippen molar-refractivity contribution in [2.75, 3.05) is 65.9 Å². The maximum Gasteiger partial charge on any atom is 0.232 e. The standard InChI is InChI=1S/C23H42N2O7/c1-19(2)6-4-5-8-24-21(26)7-10-29-12-14-31-16-17-32-15-13-30-11-9-25-22(27)18-20(3)23(25)28/h19-20H,4-18H2,1-3H3,(H,24,26). The highest BCUT2D eigenvalue weighted by Gasteiger charge is 2.34. The molecular formula is C23H42N2O7. The predicted octanol–water partition coefficient (Wildman–Crippen LogP) is 1.78. The third kappa shape index (κ3) is 13.8. The van der Waals surface area contributed by atoms with Crippen LogP contribution in [-0.2, 0) is 33.3 Å². The molecule has 1 rings (SSSR count). The topological polar surface area (TPSA) is 103 Å². The van der Waals surface area contributed by atoms with Crippen LogP contribution in [0.4, 0.5) is 0 Å². The van der Waals surface area contributed by atoms with Crippen LogP contribution < -0.4 is 5.32 Å². The molecule has 0 saturated carbocycles. The molecule has 9 heteroatoms. The van der Waals surface area contributed by atoms with Crippen LogP contribution in [0.3, 0.4) is 0 Å². The lowest BCUT2D eigenvalue weighted by Gasteiger charge is -2.14. The monoisotopic (exact) mass is 458 g/mol. The molecule has 186 valence electrons. The average molecular weight is 459 g/mol. The highest BCUT2D eigenvalue weighted by atomic mass is 16.6. The fourth-order valence-corrected chi connectivity index (χ4v) is 3.16. The number of amides is 3. The highest BCUT2D eigenvalue weighted by Crippen LogP contribution is 2.17. The van der Waals surface area contributed by atoms with Gasteiger partial charge in [0.2, 0.25) is 17.7 Å². The van der Waals surface area contributed by atoms with Crippen molar-refractivity contribution in [1.82, 2.24) is 10.2 Å². The van der Waals surface area contributed by atoms with E-state index in [2.05, 4.69) is 19.2 Å². The Morgan fingerprint density at radius 2 is 1.50 bits per heavy atom. The normalized spacial score (nSPS) is 16.4. The van der Waals surface area contributed by atoms with E-state index >= 15 is 0 Å². The fraction of sp³-hybridized carbons (Fsp3) is 0.870. The van der Waals surface area contributed by atoms with Crippen LogP contribution in [0.2, 0.25) is 0 Å². The number of imide groups is 1. The Morgan fingerprint density at radius 3 is 2.03 bits per heavy atom. The minimum Gasteiger partial charge on any atom is -0.379 e. The van der Waals surface area contributed by atoms with E-state index in [0.29, 0.717) is 78.2 Å². The molecule has 1 N–H and O–H groups in total. The van der Waals surface area contributed by atoms with E-state index in [1.165, 1.54) is 11.3 Å². The zero-order valence-corrected chi connectivity index (χ0v) is 20.1. The first-order chi connectivity index (χ1) is 15.4. The van der Waals surface area contributed by atoms with Crippen molar-refractivity contribution in [3.63, 3.8) is 0 Å². The lowest BCUT2D eigenvalue weighted by atomic mass is 10.1. The lowest BCUT2D eigenvalue weighted by molar-refractivity contribution is -0.140. The van der Waals surface area contributed by atoms with E-state index in [0.717, 1.165) is 19.4 Å². The summed E-state index contributed by atoms with van der Waals surface area (Å²) >= 11 is 0. The molecule has 3 amide bonds. The number of hydrogen-bond acceptors (Lipinski definition) is 7. The van der Waals surface area contributed by atoms with Crippen LogP contribution in [-0.4, -0.2) is 88.6 Å². The zero-order chi connectivity index (χ0) is 23.6. The second kappa shape index (κ2) is 17.9. The molecule has 1 unspecified atom stereocenters. The van der Waals surface area contributed by atoms with Crippen LogP contribution in [0, 0.1) is 11.8 Å². The average Bonchev–Trinajstić information content (AvgIpc) is 2.99. The lowest BCUT2D eigenvalue weighted by Crippen LogP contribution is -2.33. The maximum absolute atomic E-state index is 11.8. The Morgan fingerprint density at radius 1 is 0.938 bits per heavy atom. The largest absolute Gasteiger partial charge is 0.379 e.